The second-order valence-electron chi connectivity index (χ2n) is 3.70. The molecule has 0 atom stereocenters. The molecule has 1 amide bonds. The van der Waals surface area contributed by atoms with Gasteiger partial charge in [0, 0.05) is 6.42 Å². The molecule has 1 aliphatic heterocycles. The molecule has 3 heteroatoms. The zero-order valence-corrected chi connectivity index (χ0v) is 9.23. The van der Waals surface area contributed by atoms with Crippen LogP contribution >= 0.6 is 0 Å². The smallest absolute Gasteiger partial charge is 0.275 e. The summed E-state index contributed by atoms with van der Waals surface area (Å²) in [5.74, 6) is 0.669. The fourth-order valence-electron chi connectivity index (χ4n) is 1.58. The van der Waals surface area contributed by atoms with Crippen molar-refractivity contribution in [3.8, 4) is 0 Å². The molecular formula is C13H14N2O. The summed E-state index contributed by atoms with van der Waals surface area (Å²) in [6.07, 6.45) is 3.60. The van der Waals surface area contributed by atoms with Gasteiger partial charge >= 0.3 is 0 Å². The van der Waals surface area contributed by atoms with Gasteiger partial charge < -0.3 is 5.32 Å². The van der Waals surface area contributed by atoms with E-state index < -0.39 is 0 Å². The van der Waals surface area contributed by atoms with Crippen LogP contribution in [-0.4, -0.2) is 11.7 Å². The Labute approximate surface area is 94.9 Å². The van der Waals surface area contributed by atoms with Gasteiger partial charge in [-0.2, -0.15) is 0 Å². The van der Waals surface area contributed by atoms with Crippen molar-refractivity contribution < 1.29 is 4.79 Å². The molecule has 3 nitrogen and oxygen atoms in total. The van der Waals surface area contributed by atoms with E-state index in [1.807, 2.05) is 30.3 Å². The third kappa shape index (κ3) is 2.37. The number of amidine groups is 1. The molecule has 2 rings (SSSR count). The van der Waals surface area contributed by atoms with Gasteiger partial charge in [0.2, 0.25) is 0 Å². The summed E-state index contributed by atoms with van der Waals surface area (Å²) in [6, 6.07) is 9.73. The fraction of sp³-hybridized carbons (Fsp3) is 0.231. The molecule has 0 fully saturated rings. The lowest BCUT2D eigenvalue weighted by Crippen LogP contribution is -2.23. The average Bonchev–Trinajstić information content (AvgIpc) is 2.61. The molecule has 0 aromatic heterocycles. The predicted octanol–water partition coefficient (Wildman–Crippen LogP) is 2.36. The molecule has 0 bridgehead atoms. The second-order valence-corrected chi connectivity index (χ2v) is 3.70. The van der Waals surface area contributed by atoms with Crippen LogP contribution in [0, 0.1) is 0 Å². The zero-order valence-electron chi connectivity index (χ0n) is 9.23. The van der Waals surface area contributed by atoms with E-state index in [9.17, 15) is 4.79 Å². The summed E-state index contributed by atoms with van der Waals surface area (Å²) in [6.45, 7) is 2.06. The van der Waals surface area contributed by atoms with Crippen molar-refractivity contribution in [1.82, 2.24) is 5.32 Å². The van der Waals surface area contributed by atoms with E-state index in [4.69, 9.17) is 0 Å². The quantitative estimate of drug-likeness (QED) is 0.771. The van der Waals surface area contributed by atoms with E-state index >= 15 is 0 Å². The molecule has 0 unspecified atom stereocenters. The number of carbonyl (C=O) groups excluding carboxylic acids is 1. The van der Waals surface area contributed by atoms with Crippen molar-refractivity contribution in [3.63, 3.8) is 0 Å². The van der Waals surface area contributed by atoms with E-state index in [2.05, 4.69) is 17.2 Å². The monoisotopic (exact) mass is 214 g/mol. The third-order valence-electron chi connectivity index (χ3n) is 2.34. The van der Waals surface area contributed by atoms with Crippen molar-refractivity contribution in [2.45, 2.75) is 19.8 Å². The number of nitrogens with one attached hydrogen (secondary N) is 1. The highest BCUT2D eigenvalue weighted by atomic mass is 16.2. The number of aliphatic imine (C=N–C) groups is 1. The molecule has 1 N–H and O–H groups in total. The molecule has 0 radical (unpaired) electrons. The molecule has 1 heterocycles. The van der Waals surface area contributed by atoms with Gasteiger partial charge in [-0.3, -0.25) is 4.79 Å². The summed E-state index contributed by atoms with van der Waals surface area (Å²) in [5, 5.41) is 2.77. The van der Waals surface area contributed by atoms with Crippen LogP contribution in [0.3, 0.4) is 0 Å². The number of hydrogen-bond acceptors (Lipinski definition) is 2. The van der Waals surface area contributed by atoms with E-state index in [0.29, 0.717) is 5.70 Å². The number of benzene rings is 1. The average molecular weight is 214 g/mol. The molecule has 82 valence electrons. The van der Waals surface area contributed by atoms with Crippen molar-refractivity contribution in [2.75, 3.05) is 0 Å². The highest BCUT2D eigenvalue weighted by Crippen LogP contribution is 2.12. The molecule has 16 heavy (non-hydrogen) atoms. The lowest BCUT2D eigenvalue weighted by molar-refractivity contribution is -0.115. The van der Waals surface area contributed by atoms with Crippen LogP contribution < -0.4 is 5.32 Å². The zero-order chi connectivity index (χ0) is 11.4. The Hall–Kier alpha value is -1.90. The van der Waals surface area contributed by atoms with Crippen LogP contribution in [-0.2, 0) is 4.79 Å². The summed E-state index contributed by atoms with van der Waals surface area (Å²) in [4.78, 5) is 15.8. The first-order chi connectivity index (χ1) is 7.79. The Morgan fingerprint density at radius 2 is 2.06 bits per heavy atom. The summed E-state index contributed by atoms with van der Waals surface area (Å²) in [5.41, 5.74) is 1.49. The van der Waals surface area contributed by atoms with Crippen LogP contribution in [0.4, 0.5) is 0 Å². The molecule has 1 aromatic carbocycles. The van der Waals surface area contributed by atoms with E-state index in [1.54, 1.807) is 6.08 Å². The van der Waals surface area contributed by atoms with Crippen molar-refractivity contribution in [2.24, 2.45) is 4.99 Å². The van der Waals surface area contributed by atoms with Crippen LogP contribution in [0.15, 0.2) is 41.0 Å². The lowest BCUT2D eigenvalue weighted by Gasteiger charge is -1.94. The first-order valence-corrected chi connectivity index (χ1v) is 5.45. The topological polar surface area (TPSA) is 41.5 Å². The molecule has 0 saturated heterocycles. The second kappa shape index (κ2) is 4.75. The standard InChI is InChI=1S/C13H14N2O/c1-2-6-12-14-11(13(16)15-12)9-10-7-4-3-5-8-10/h3-5,7-9H,2,6H2,1H3,(H,14,15,16)/b11-9-. The Balaban J connectivity index is 2.22. The Bertz CT molecular complexity index is 446. The number of amides is 1. The van der Waals surface area contributed by atoms with E-state index in [-0.39, 0.29) is 5.91 Å². The number of carbonyl (C=O) groups is 1. The molecule has 1 aliphatic rings. The minimum Gasteiger partial charge on any atom is -0.309 e. The summed E-state index contributed by atoms with van der Waals surface area (Å²) in [7, 11) is 0. The van der Waals surface area contributed by atoms with Crippen LogP contribution in [0.25, 0.3) is 6.08 Å². The molecular weight excluding hydrogens is 200 g/mol. The van der Waals surface area contributed by atoms with Crippen LogP contribution in [0.5, 0.6) is 0 Å². The first-order valence-electron chi connectivity index (χ1n) is 5.45. The van der Waals surface area contributed by atoms with Gasteiger partial charge in [0.05, 0.1) is 0 Å². The van der Waals surface area contributed by atoms with Gasteiger partial charge in [-0.25, -0.2) is 4.99 Å². The minimum absolute atomic E-state index is 0.104. The summed E-state index contributed by atoms with van der Waals surface area (Å²) < 4.78 is 0. The minimum atomic E-state index is -0.104. The fourth-order valence-corrected chi connectivity index (χ4v) is 1.58. The predicted molar refractivity (Wildman–Crippen MR) is 64.9 cm³/mol. The maximum Gasteiger partial charge on any atom is 0.275 e. The van der Waals surface area contributed by atoms with Gasteiger partial charge in [-0.1, -0.05) is 37.3 Å². The molecule has 0 saturated carbocycles. The lowest BCUT2D eigenvalue weighted by atomic mass is 10.2. The normalized spacial score (nSPS) is 17.4. The molecule has 0 spiro atoms. The largest absolute Gasteiger partial charge is 0.309 e. The number of rotatable bonds is 3. The summed E-state index contributed by atoms with van der Waals surface area (Å²) >= 11 is 0. The Kier molecular flexibility index (Phi) is 3.15. The van der Waals surface area contributed by atoms with Gasteiger partial charge in [0.15, 0.2) is 0 Å². The highest BCUT2D eigenvalue weighted by Gasteiger charge is 2.18. The number of nitrogens with zero attached hydrogens (tertiary/aromatic N) is 1. The van der Waals surface area contributed by atoms with Crippen LogP contribution in [0.2, 0.25) is 0 Å². The van der Waals surface area contributed by atoms with Crippen molar-refractivity contribution in [3.05, 3.63) is 41.6 Å². The van der Waals surface area contributed by atoms with Gasteiger partial charge in [-0.05, 0) is 18.1 Å². The van der Waals surface area contributed by atoms with Gasteiger partial charge in [0.1, 0.15) is 11.5 Å². The molecule has 1 aromatic rings. The van der Waals surface area contributed by atoms with Crippen molar-refractivity contribution >= 4 is 17.8 Å². The van der Waals surface area contributed by atoms with Crippen molar-refractivity contribution in [1.29, 1.82) is 0 Å². The number of hydrogen-bond donors (Lipinski definition) is 1. The maximum atomic E-state index is 11.6. The maximum absolute atomic E-state index is 11.6. The molecule has 0 aliphatic carbocycles. The van der Waals surface area contributed by atoms with E-state index in [1.165, 1.54) is 0 Å². The van der Waals surface area contributed by atoms with Gasteiger partial charge in [-0.15, -0.1) is 0 Å². The Morgan fingerprint density at radius 1 is 1.31 bits per heavy atom. The first kappa shape index (κ1) is 10.6. The van der Waals surface area contributed by atoms with Crippen LogP contribution in [0.1, 0.15) is 25.3 Å². The Morgan fingerprint density at radius 3 is 2.75 bits per heavy atom. The van der Waals surface area contributed by atoms with E-state index in [0.717, 1.165) is 24.2 Å². The SMILES string of the molecule is CCCC1=N/C(=C\c2ccccc2)C(=O)N1. The van der Waals surface area contributed by atoms with Gasteiger partial charge in [0.25, 0.3) is 5.91 Å². The third-order valence-corrected chi connectivity index (χ3v) is 2.34. The highest BCUT2D eigenvalue weighted by molar-refractivity contribution is 6.14.